The first-order chi connectivity index (χ1) is 13.3. The van der Waals surface area contributed by atoms with Gasteiger partial charge in [-0.15, -0.1) is 0 Å². The second-order valence-electron chi connectivity index (χ2n) is 6.28. The molecule has 0 bridgehead atoms. The van der Waals surface area contributed by atoms with Gasteiger partial charge in [0, 0.05) is 36.5 Å². The number of hydrogen-bond donors (Lipinski definition) is 2. The summed E-state index contributed by atoms with van der Waals surface area (Å²) in [6.45, 7) is -1.38. The summed E-state index contributed by atoms with van der Waals surface area (Å²) in [5.74, 6) is -0.416. The van der Waals surface area contributed by atoms with Gasteiger partial charge in [0.05, 0.1) is 0 Å². The van der Waals surface area contributed by atoms with Crippen molar-refractivity contribution in [3.8, 4) is 5.88 Å². The van der Waals surface area contributed by atoms with Gasteiger partial charge < -0.3 is 15.4 Å². The summed E-state index contributed by atoms with van der Waals surface area (Å²) in [4.78, 5) is 31.8. The Balaban J connectivity index is 1.56. The summed E-state index contributed by atoms with van der Waals surface area (Å²) >= 11 is 0. The average Bonchev–Trinajstić information content (AvgIpc) is 3.50. The number of nitrogens with one attached hydrogen (secondary N) is 2. The molecule has 7 nitrogen and oxygen atoms in total. The third kappa shape index (κ3) is 5.93. The van der Waals surface area contributed by atoms with Crippen LogP contribution in [0.1, 0.15) is 28.8 Å². The zero-order valence-electron chi connectivity index (χ0n) is 14.6. The predicted octanol–water partition coefficient (Wildman–Crippen LogP) is 2.70. The van der Waals surface area contributed by atoms with E-state index in [0.29, 0.717) is 11.1 Å². The van der Waals surface area contributed by atoms with Crippen LogP contribution in [0.5, 0.6) is 5.88 Å². The second-order valence-corrected chi connectivity index (χ2v) is 6.28. The lowest BCUT2D eigenvalue weighted by molar-refractivity contribution is -0.154. The molecule has 2 N–H and O–H groups in total. The lowest BCUT2D eigenvalue weighted by Gasteiger charge is -2.10. The number of pyridine rings is 2. The number of rotatable bonds is 7. The van der Waals surface area contributed by atoms with Crippen molar-refractivity contribution in [1.82, 2.24) is 15.3 Å². The molecule has 1 aliphatic rings. The van der Waals surface area contributed by atoms with Crippen molar-refractivity contribution in [3.05, 3.63) is 47.8 Å². The molecule has 2 aromatic heterocycles. The topological polar surface area (TPSA) is 93.2 Å². The summed E-state index contributed by atoms with van der Waals surface area (Å²) < 4.78 is 41.2. The van der Waals surface area contributed by atoms with E-state index in [2.05, 4.69) is 25.3 Å². The number of alkyl halides is 3. The number of aromatic nitrogens is 2. The molecule has 28 heavy (non-hydrogen) atoms. The van der Waals surface area contributed by atoms with Crippen LogP contribution in [0.25, 0.3) is 0 Å². The fourth-order valence-corrected chi connectivity index (χ4v) is 2.29. The summed E-state index contributed by atoms with van der Waals surface area (Å²) in [5, 5.41) is 5.31. The van der Waals surface area contributed by atoms with Gasteiger partial charge >= 0.3 is 6.18 Å². The largest absolute Gasteiger partial charge is 0.468 e. The lowest BCUT2D eigenvalue weighted by atomic mass is 10.2. The van der Waals surface area contributed by atoms with E-state index in [-0.39, 0.29) is 30.1 Å². The molecule has 2 aromatic rings. The molecule has 0 atom stereocenters. The van der Waals surface area contributed by atoms with E-state index in [0.717, 1.165) is 12.8 Å². The van der Waals surface area contributed by atoms with Gasteiger partial charge in [0.2, 0.25) is 11.8 Å². The fraction of sp³-hybridized carbons (Fsp3) is 0.333. The van der Waals surface area contributed by atoms with Gasteiger partial charge in [-0.25, -0.2) is 9.97 Å². The number of amides is 2. The van der Waals surface area contributed by atoms with E-state index in [1.165, 1.54) is 30.6 Å². The summed E-state index contributed by atoms with van der Waals surface area (Å²) in [6.07, 6.45) is -0.0444. The molecule has 2 heterocycles. The monoisotopic (exact) mass is 394 g/mol. The van der Waals surface area contributed by atoms with Crippen molar-refractivity contribution in [1.29, 1.82) is 0 Å². The number of carbonyl (C=O) groups is 2. The Bertz CT molecular complexity index is 869. The van der Waals surface area contributed by atoms with E-state index in [4.69, 9.17) is 0 Å². The SMILES string of the molecule is O=C(NCc1ccnc(OCC(F)(F)F)c1)c1ccnc(NC(=O)C2CC2)c1. The van der Waals surface area contributed by atoms with Gasteiger partial charge in [0.15, 0.2) is 6.61 Å². The molecule has 1 fully saturated rings. The van der Waals surface area contributed by atoms with E-state index in [9.17, 15) is 22.8 Å². The first-order valence-corrected chi connectivity index (χ1v) is 8.50. The Labute approximate surface area is 158 Å². The Morgan fingerprint density at radius 1 is 1.14 bits per heavy atom. The van der Waals surface area contributed by atoms with Crippen LogP contribution < -0.4 is 15.4 Å². The minimum atomic E-state index is -4.46. The quantitative estimate of drug-likeness (QED) is 0.753. The maximum atomic E-state index is 12.3. The van der Waals surface area contributed by atoms with Gasteiger partial charge in [-0.1, -0.05) is 0 Å². The molecular weight excluding hydrogens is 377 g/mol. The van der Waals surface area contributed by atoms with Crippen LogP contribution in [0, 0.1) is 5.92 Å². The lowest BCUT2D eigenvalue weighted by Crippen LogP contribution is -2.23. The first kappa shape index (κ1) is 19.6. The Kier molecular flexibility index (Phi) is 5.76. The number of ether oxygens (including phenoxy) is 1. The van der Waals surface area contributed by atoms with Gasteiger partial charge in [-0.3, -0.25) is 9.59 Å². The molecule has 1 aliphatic carbocycles. The Morgan fingerprint density at radius 2 is 1.89 bits per heavy atom. The van der Waals surface area contributed by atoms with Crippen LogP contribution >= 0.6 is 0 Å². The number of hydrogen-bond acceptors (Lipinski definition) is 5. The maximum Gasteiger partial charge on any atom is 0.422 e. The van der Waals surface area contributed by atoms with Gasteiger partial charge in [-0.2, -0.15) is 13.2 Å². The molecule has 0 unspecified atom stereocenters. The van der Waals surface area contributed by atoms with Crippen LogP contribution in [0.4, 0.5) is 19.0 Å². The van der Waals surface area contributed by atoms with Crippen molar-refractivity contribution < 1.29 is 27.5 Å². The number of halogens is 3. The third-order valence-electron chi connectivity index (χ3n) is 3.86. The van der Waals surface area contributed by atoms with Gasteiger partial charge in [-0.05, 0) is 36.6 Å². The van der Waals surface area contributed by atoms with Crippen LogP contribution in [0.2, 0.25) is 0 Å². The highest BCUT2D eigenvalue weighted by atomic mass is 19.4. The molecule has 2 amide bonds. The maximum absolute atomic E-state index is 12.3. The molecule has 3 rings (SSSR count). The summed E-state index contributed by atoms with van der Waals surface area (Å²) in [5.41, 5.74) is 0.820. The third-order valence-corrected chi connectivity index (χ3v) is 3.86. The zero-order valence-corrected chi connectivity index (χ0v) is 14.6. The second kappa shape index (κ2) is 8.24. The van der Waals surface area contributed by atoms with Crippen molar-refractivity contribution in [2.75, 3.05) is 11.9 Å². The van der Waals surface area contributed by atoms with Crippen molar-refractivity contribution in [3.63, 3.8) is 0 Å². The van der Waals surface area contributed by atoms with Gasteiger partial charge in [0.1, 0.15) is 5.82 Å². The van der Waals surface area contributed by atoms with E-state index < -0.39 is 18.7 Å². The minimum absolute atomic E-state index is 0.0136. The summed E-state index contributed by atoms with van der Waals surface area (Å²) in [7, 11) is 0. The highest BCUT2D eigenvalue weighted by Crippen LogP contribution is 2.30. The van der Waals surface area contributed by atoms with Crippen LogP contribution in [-0.4, -0.2) is 34.6 Å². The van der Waals surface area contributed by atoms with Crippen molar-refractivity contribution >= 4 is 17.6 Å². The smallest absolute Gasteiger partial charge is 0.422 e. The van der Waals surface area contributed by atoms with Crippen molar-refractivity contribution in [2.24, 2.45) is 5.92 Å². The molecule has 0 saturated heterocycles. The number of carbonyl (C=O) groups excluding carboxylic acids is 2. The van der Waals surface area contributed by atoms with E-state index in [1.807, 2.05) is 0 Å². The Morgan fingerprint density at radius 3 is 2.61 bits per heavy atom. The molecule has 0 radical (unpaired) electrons. The molecule has 0 aromatic carbocycles. The average molecular weight is 394 g/mol. The number of nitrogens with zero attached hydrogens (tertiary/aromatic N) is 2. The van der Waals surface area contributed by atoms with Crippen LogP contribution in [-0.2, 0) is 11.3 Å². The Hall–Kier alpha value is -3.17. The molecule has 1 saturated carbocycles. The van der Waals surface area contributed by atoms with Crippen molar-refractivity contribution in [2.45, 2.75) is 25.6 Å². The normalized spacial score (nSPS) is 13.7. The van der Waals surface area contributed by atoms with E-state index >= 15 is 0 Å². The first-order valence-electron chi connectivity index (χ1n) is 8.50. The predicted molar refractivity (Wildman–Crippen MR) is 92.5 cm³/mol. The standard InChI is InChI=1S/C18H17F3N4O3/c19-18(20,21)10-28-15-7-11(3-5-23-15)9-24-16(26)13-4-6-22-14(8-13)25-17(27)12-1-2-12/h3-8,12H,1-2,9-10H2,(H,24,26)(H,22,25,27). The zero-order chi connectivity index (χ0) is 20.1. The van der Waals surface area contributed by atoms with Crippen LogP contribution in [0.15, 0.2) is 36.7 Å². The molecule has 0 spiro atoms. The highest BCUT2D eigenvalue weighted by molar-refractivity contribution is 5.97. The molecule has 10 heteroatoms. The minimum Gasteiger partial charge on any atom is -0.468 e. The fourth-order valence-electron chi connectivity index (χ4n) is 2.29. The molecule has 148 valence electrons. The number of anilines is 1. The molecular formula is C18H17F3N4O3. The van der Waals surface area contributed by atoms with Crippen LogP contribution in [0.3, 0.4) is 0 Å². The van der Waals surface area contributed by atoms with Gasteiger partial charge in [0.25, 0.3) is 5.91 Å². The molecule has 0 aliphatic heterocycles. The van der Waals surface area contributed by atoms with E-state index in [1.54, 1.807) is 6.07 Å². The highest BCUT2D eigenvalue weighted by Gasteiger charge is 2.30. The summed E-state index contributed by atoms with van der Waals surface area (Å²) in [6, 6.07) is 5.82.